The third-order valence-electron chi connectivity index (χ3n) is 3.82. The van der Waals surface area contributed by atoms with Gasteiger partial charge in [-0.3, -0.25) is 4.79 Å². The number of aromatic nitrogens is 2. The van der Waals surface area contributed by atoms with Crippen molar-refractivity contribution in [2.75, 3.05) is 10.6 Å². The maximum Gasteiger partial charge on any atom is 0.274 e. The number of amides is 1. The molecule has 2 N–H and O–H groups in total. The summed E-state index contributed by atoms with van der Waals surface area (Å²) in [5.41, 5.74) is 4.33. The number of benzene rings is 2. The monoisotopic (exact) mass is 332 g/mol. The molecule has 3 rings (SSSR count). The Morgan fingerprint density at radius 1 is 0.960 bits per heavy atom. The number of hydrogen-bond donors (Lipinski definition) is 2. The van der Waals surface area contributed by atoms with Gasteiger partial charge in [-0.15, -0.1) is 0 Å². The number of carbonyl (C=O) groups excluding carboxylic acids is 1. The number of aryl methyl sites for hydroxylation is 2. The zero-order valence-electron chi connectivity index (χ0n) is 14.3. The quantitative estimate of drug-likeness (QED) is 0.729. The van der Waals surface area contributed by atoms with E-state index in [4.69, 9.17) is 0 Å². The number of carbonyl (C=O) groups is 1. The van der Waals surface area contributed by atoms with Crippen molar-refractivity contribution in [3.63, 3.8) is 0 Å². The SMILES string of the molecule is CCc1ccc(NC(=O)c2ccnc(Nc3ccc(C)cc3)n2)cc1. The van der Waals surface area contributed by atoms with Gasteiger partial charge in [0.25, 0.3) is 5.91 Å². The lowest BCUT2D eigenvalue weighted by Gasteiger charge is -2.08. The molecule has 0 fully saturated rings. The molecule has 5 nitrogen and oxygen atoms in total. The maximum atomic E-state index is 12.4. The highest BCUT2D eigenvalue weighted by molar-refractivity contribution is 6.03. The first-order valence-electron chi connectivity index (χ1n) is 8.21. The highest BCUT2D eigenvalue weighted by Gasteiger charge is 2.09. The minimum absolute atomic E-state index is 0.265. The Bertz CT molecular complexity index is 858. The molecule has 0 saturated heterocycles. The van der Waals surface area contributed by atoms with E-state index in [-0.39, 0.29) is 5.91 Å². The van der Waals surface area contributed by atoms with Gasteiger partial charge in [0.1, 0.15) is 5.69 Å². The first-order chi connectivity index (χ1) is 12.1. The van der Waals surface area contributed by atoms with E-state index in [1.165, 1.54) is 11.1 Å². The molecule has 0 bridgehead atoms. The third-order valence-corrected chi connectivity index (χ3v) is 3.82. The summed E-state index contributed by atoms with van der Waals surface area (Å²) in [4.78, 5) is 20.8. The third kappa shape index (κ3) is 4.41. The van der Waals surface area contributed by atoms with Crippen molar-refractivity contribution in [2.45, 2.75) is 20.3 Å². The maximum absolute atomic E-state index is 12.4. The van der Waals surface area contributed by atoms with Crippen LogP contribution in [0.15, 0.2) is 60.8 Å². The van der Waals surface area contributed by atoms with Crippen molar-refractivity contribution >= 4 is 23.2 Å². The minimum Gasteiger partial charge on any atom is -0.324 e. The lowest BCUT2D eigenvalue weighted by molar-refractivity contribution is 0.102. The van der Waals surface area contributed by atoms with Crippen molar-refractivity contribution in [1.82, 2.24) is 9.97 Å². The number of nitrogens with zero attached hydrogens (tertiary/aromatic N) is 2. The smallest absolute Gasteiger partial charge is 0.274 e. The number of nitrogens with one attached hydrogen (secondary N) is 2. The second-order valence-electron chi connectivity index (χ2n) is 5.76. The predicted octanol–water partition coefficient (Wildman–Crippen LogP) is 4.34. The first kappa shape index (κ1) is 16.6. The predicted molar refractivity (Wildman–Crippen MR) is 100 cm³/mol. The Morgan fingerprint density at radius 2 is 1.64 bits per heavy atom. The van der Waals surface area contributed by atoms with E-state index in [9.17, 15) is 4.79 Å². The largest absolute Gasteiger partial charge is 0.324 e. The van der Waals surface area contributed by atoms with Crippen molar-refractivity contribution in [2.24, 2.45) is 0 Å². The summed E-state index contributed by atoms with van der Waals surface area (Å²) in [5, 5.41) is 5.95. The summed E-state index contributed by atoms with van der Waals surface area (Å²) in [5.74, 6) is 0.122. The van der Waals surface area contributed by atoms with Crippen LogP contribution in [0.3, 0.4) is 0 Å². The summed E-state index contributed by atoms with van der Waals surface area (Å²) in [6.45, 7) is 4.12. The van der Waals surface area contributed by atoms with Gasteiger partial charge in [-0.1, -0.05) is 36.8 Å². The highest BCUT2D eigenvalue weighted by atomic mass is 16.1. The summed E-state index contributed by atoms with van der Waals surface area (Å²) in [6, 6.07) is 17.3. The van der Waals surface area contributed by atoms with Crippen LogP contribution in [0.25, 0.3) is 0 Å². The first-order valence-corrected chi connectivity index (χ1v) is 8.21. The van der Waals surface area contributed by atoms with E-state index in [0.717, 1.165) is 17.8 Å². The molecule has 0 aliphatic rings. The molecule has 0 unspecified atom stereocenters. The number of anilines is 3. The van der Waals surface area contributed by atoms with Gasteiger partial charge in [0.15, 0.2) is 0 Å². The molecule has 0 aliphatic carbocycles. The van der Waals surface area contributed by atoms with E-state index in [1.807, 2.05) is 55.5 Å². The van der Waals surface area contributed by atoms with Gasteiger partial charge < -0.3 is 10.6 Å². The van der Waals surface area contributed by atoms with Gasteiger partial charge in [-0.2, -0.15) is 0 Å². The van der Waals surface area contributed by atoms with Crippen LogP contribution in [-0.4, -0.2) is 15.9 Å². The van der Waals surface area contributed by atoms with Crippen LogP contribution in [0.4, 0.5) is 17.3 Å². The van der Waals surface area contributed by atoms with Gasteiger partial charge >= 0.3 is 0 Å². The average Bonchev–Trinajstić information content (AvgIpc) is 2.64. The van der Waals surface area contributed by atoms with Crippen molar-refractivity contribution in [1.29, 1.82) is 0 Å². The van der Waals surface area contributed by atoms with Crippen LogP contribution in [-0.2, 0) is 6.42 Å². The van der Waals surface area contributed by atoms with E-state index >= 15 is 0 Å². The van der Waals surface area contributed by atoms with E-state index in [2.05, 4.69) is 27.5 Å². The summed E-state index contributed by atoms with van der Waals surface area (Å²) < 4.78 is 0. The topological polar surface area (TPSA) is 66.9 Å². The van der Waals surface area contributed by atoms with E-state index in [0.29, 0.717) is 11.6 Å². The molecule has 3 aromatic rings. The van der Waals surface area contributed by atoms with Crippen LogP contribution in [0.1, 0.15) is 28.5 Å². The Morgan fingerprint density at radius 3 is 2.32 bits per heavy atom. The molecule has 1 amide bonds. The van der Waals surface area contributed by atoms with Crippen LogP contribution in [0.5, 0.6) is 0 Å². The Balaban J connectivity index is 1.71. The molecule has 1 heterocycles. The lowest BCUT2D eigenvalue weighted by atomic mass is 10.1. The van der Waals surface area contributed by atoms with Gasteiger partial charge in [0, 0.05) is 17.6 Å². The summed E-state index contributed by atoms with van der Waals surface area (Å²) in [7, 11) is 0. The Hall–Kier alpha value is -3.21. The van der Waals surface area contributed by atoms with Gasteiger partial charge in [0.05, 0.1) is 0 Å². The van der Waals surface area contributed by atoms with Crippen molar-refractivity contribution in [3.05, 3.63) is 77.6 Å². The van der Waals surface area contributed by atoms with Crippen molar-refractivity contribution in [3.8, 4) is 0 Å². The standard InChI is InChI=1S/C20H20N4O/c1-3-15-6-10-16(11-7-15)22-19(25)18-12-13-21-20(24-18)23-17-8-4-14(2)5-9-17/h4-13H,3H2,1-2H3,(H,22,25)(H,21,23,24). The Labute approximate surface area is 147 Å². The molecule has 0 saturated carbocycles. The molecule has 2 aromatic carbocycles. The number of hydrogen-bond acceptors (Lipinski definition) is 4. The Kier molecular flexibility index (Phi) is 5.04. The van der Waals surface area contributed by atoms with Crippen LogP contribution in [0.2, 0.25) is 0 Å². The fraction of sp³-hybridized carbons (Fsp3) is 0.150. The second kappa shape index (κ2) is 7.57. The fourth-order valence-electron chi connectivity index (χ4n) is 2.33. The van der Waals surface area contributed by atoms with Gasteiger partial charge in [-0.05, 0) is 49.2 Å². The summed E-state index contributed by atoms with van der Waals surface area (Å²) in [6.07, 6.45) is 2.53. The zero-order chi connectivity index (χ0) is 17.6. The normalized spacial score (nSPS) is 10.3. The van der Waals surface area contributed by atoms with E-state index < -0.39 is 0 Å². The lowest BCUT2D eigenvalue weighted by Crippen LogP contribution is -2.14. The second-order valence-corrected chi connectivity index (χ2v) is 5.76. The van der Waals surface area contributed by atoms with Crippen LogP contribution < -0.4 is 10.6 Å². The highest BCUT2D eigenvalue weighted by Crippen LogP contribution is 2.15. The molecule has 0 aliphatic heterocycles. The van der Waals surface area contributed by atoms with E-state index in [1.54, 1.807) is 12.3 Å². The van der Waals surface area contributed by atoms with Gasteiger partial charge in [0.2, 0.25) is 5.95 Å². The fourth-order valence-corrected chi connectivity index (χ4v) is 2.33. The average molecular weight is 332 g/mol. The van der Waals surface area contributed by atoms with Crippen LogP contribution in [0, 0.1) is 6.92 Å². The molecular formula is C20H20N4O. The minimum atomic E-state index is -0.265. The van der Waals surface area contributed by atoms with Crippen molar-refractivity contribution < 1.29 is 4.79 Å². The molecule has 5 heteroatoms. The summed E-state index contributed by atoms with van der Waals surface area (Å²) >= 11 is 0. The molecule has 1 aromatic heterocycles. The molecule has 126 valence electrons. The molecule has 0 radical (unpaired) electrons. The van der Waals surface area contributed by atoms with Gasteiger partial charge in [-0.25, -0.2) is 9.97 Å². The number of rotatable bonds is 5. The zero-order valence-corrected chi connectivity index (χ0v) is 14.3. The molecule has 0 spiro atoms. The molecule has 0 atom stereocenters. The van der Waals surface area contributed by atoms with Crippen LogP contribution >= 0.6 is 0 Å². The molecular weight excluding hydrogens is 312 g/mol. The molecule has 25 heavy (non-hydrogen) atoms.